The van der Waals surface area contributed by atoms with Crippen molar-refractivity contribution in [3.8, 4) is 0 Å². The Morgan fingerprint density at radius 2 is 1.87 bits per heavy atom. The van der Waals surface area contributed by atoms with E-state index in [1.165, 1.54) is 6.92 Å². The van der Waals surface area contributed by atoms with E-state index in [0.29, 0.717) is 12.4 Å². The van der Waals surface area contributed by atoms with Crippen LogP contribution in [0.15, 0.2) is 12.4 Å². The first-order valence-corrected chi connectivity index (χ1v) is 3.94. The van der Waals surface area contributed by atoms with Gasteiger partial charge in [-0.15, -0.1) is 0 Å². The Labute approximate surface area is 82.8 Å². The summed E-state index contributed by atoms with van der Waals surface area (Å²) in [4.78, 5) is 17.2. The van der Waals surface area contributed by atoms with Gasteiger partial charge in [0, 0.05) is 12.4 Å². The van der Waals surface area contributed by atoms with Crippen LogP contribution in [0.3, 0.4) is 0 Å². The van der Waals surface area contributed by atoms with Crippen molar-refractivity contribution in [1.29, 1.82) is 0 Å². The first-order chi connectivity index (χ1) is 6.82. The van der Waals surface area contributed by atoms with Crippen LogP contribution < -0.4 is 0 Å². The second-order valence-corrected chi connectivity index (χ2v) is 2.89. The standard InChI is InChI=1S/C8H7F3N2O2/c1-4(7(14)15)6-12-2-5(3-13-6)8(9,10)11/h2-4H,1H3,(H,14,15). The van der Waals surface area contributed by atoms with E-state index in [1.54, 1.807) is 0 Å². The number of carbonyl (C=O) groups is 1. The number of hydrogen-bond donors (Lipinski definition) is 1. The molecule has 0 spiro atoms. The lowest BCUT2D eigenvalue weighted by atomic mass is 10.1. The van der Waals surface area contributed by atoms with Crippen LogP contribution in [0.2, 0.25) is 0 Å². The minimum absolute atomic E-state index is 0.143. The van der Waals surface area contributed by atoms with Crippen LogP contribution in [0.5, 0.6) is 0 Å². The van der Waals surface area contributed by atoms with Gasteiger partial charge in [0.1, 0.15) is 11.7 Å². The SMILES string of the molecule is CC(C(=O)O)c1ncc(C(F)(F)F)cn1. The maximum absolute atomic E-state index is 12.1. The van der Waals surface area contributed by atoms with E-state index in [4.69, 9.17) is 5.11 Å². The summed E-state index contributed by atoms with van der Waals surface area (Å²) < 4.78 is 36.2. The van der Waals surface area contributed by atoms with Gasteiger partial charge in [-0.3, -0.25) is 4.79 Å². The van der Waals surface area contributed by atoms with Gasteiger partial charge in [-0.1, -0.05) is 0 Å². The molecule has 0 aliphatic heterocycles. The van der Waals surface area contributed by atoms with Crippen molar-refractivity contribution in [2.45, 2.75) is 19.0 Å². The topological polar surface area (TPSA) is 63.1 Å². The zero-order chi connectivity index (χ0) is 11.6. The summed E-state index contributed by atoms with van der Waals surface area (Å²) in [6, 6.07) is 0. The smallest absolute Gasteiger partial charge is 0.419 e. The molecule has 82 valence electrons. The number of carboxylic acid groups (broad SMARTS) is 1. The fourth-order valence-corrected chi connectivity index (χ4v) is 0.818. The highest BCUT2D eigenvalue weighted by Gasteiger charge is 2.31. The molecule has 1 unspecified atom stereocenters. The average Bonchev–Trinajstić information content (AvgIpc) is 2.15. The number of halogens is 3. The third-order valence-electron chi connectivity index (χ3n) is 1.76. The summed E-state index contributed by atoms with van der Waals surface area (Å²) in [5.41, 5.74) is -0.996. The second kappa shape index (κ2) is 3.84. The summed E-state index contributed by atoms with van der Waals surface area (Å²) in [7, 11) is 0. The molecule has 0 saturated carbocycles. The molecular formula is C8H7F3N2O2. The van der Waals surface area contributed by atoms with Gasteiger partial charge in [0.2, 0.25) is 0 Å². The lowest BCUT2D eigenvalue weighted by molar-refractivity contribution is -0.138. The number of alkyl halides is 3. The van der Waals surface area contributed by atoms with Gasteiger partial charge in [0.15, 0.2) is 0 Å². The minimum atomic E-state index is -4.51. The average molecular weight is 220 g/mol. The van der Waals surface area contributed by atoms with Gasteiger partial charge in [0.05, 0.1) is 5.56 Å². The normalized spacial score (nSPS) is 13.6. The van der Waals surface area contributed by atoms with Crippen LogP contribution in [-0.2, 0) is 11.0 Å². The van der Waals surface area contributed by atoms with Crippen LogP contribution >= 0.6 is 0 Å². The van der Waals surface area contributed by atoms with Crippen molar-refractivity contribution in [3.05, 3.63) is 23.8 Å². The molecule has 0 saturated heterocycles. The van der Waals surface area contributed by atoms with Gasteiger partial charge in [-0.05, 0) is 6.92 Å². The highest BCUT2D eigenvalue weighted by molar-refractivity contribution is 5.74. The summed E-state index contributed by atoms with van der Waals surface area (Å²) >= 11 is 0. The molecule has 0 aliphatic carbocycles. The van der Waals surface area contributed by atoms with Crippen molar-refractivity contribution >= 4 is 5.97 Å². The molecule has 0 radical (unpaired) electrons. The molecule has 0 fully saturated rings. The van der Waals surface area contributed by atoms with Gasteiger partial charge in [-0.25, -0.2) is 9.97 Å². The Bertz CT molecular complexity index is 361. The summed E-state index contributed by atoms with van der Waals surface area (Å²) in [6.45, 7) is 1.30. The van der Waals surface area contributed by atoms with E-state index in [-0.39, 0.29) is 5.82 Å². The Morgan fingerprint density at radius 1 is 1.40 bits per heavy atom. The number of nitrogens with zero attached hydrogens (tertiary/aromatic N) is 2. The molecule has 7 heteroatoms. The van der Waals surface area contributed by atoms with Gasteiger partial charge >= 0.3 is 12.1 Å². The Kier molecular flexibility index (Phi) is 2.92. The molecule has 4 nitrogen and oxygen atoms in total. The third kappa shape index (κ3) is 2.64. The van der Waals surface area contributed by atoms with Crippen LogP contribution in [0.25, 0.3) is 0 Å². The fraction of sp³-hybridized carbons (Fsp3) is 0.375. The molecule has 1 atom stereocenters. The quantitative estimate of drug-likeness (QED) is 0.823. The molecule has 0 aromatic carbocycles. The third-order valence-corrected chi connectivity index (χ3v) is 1.76. The zero-order valence-corrected chi connectivity index (χ0v) is 7.62. The van der Waals surface area contributed by atoms with Gasteiger partial charge < -0.3 is 5.11 Å². The van der Waals surface area contributed by atoms with Crippen LogP contribution in [0.4, 0.5) is 13.2 Å². The van der Waals surface area contributed by atoms with Crippen molar-refractivity contribution < 1.29 is 23.1 Å². The first-order valence-electron chi connectivity index (χ1n) is 3.94. The van der Waals surface area contributed by atoms with Crippen LogP contribution in [0, 0.1) is 0 Å². The number of aliphatic carboxylic acids is 1. The van der Waals surface area contributed by atoms with E-state index < -0.39 is 23.6 Å². The summed E-state index contributed by atoms with van der Waals surface area (Å²) in [6.07, 6.45) is -3.37. The Hall–Kier alpha value is -1.66. The first kappa shape index (κ1) is 11.4. The Morgan fingerprint density at radius 3 is 2.20 bits per heavy atom. The number of aromatic nitrogens is 2. The van der Waals surface area contributed by atoms with E-state index in [0.717, 1.165) is 0 Å². The molecule has 1 heterocycles. The van der Waals surface area contributed by atoms with Crippen LogP contribution in [0.1, 0.15) is 24.2 Å². The molecular weight excluding hydrogens is 213 g/mol. The monoisotopic (exact) mass is 220 g/mol. The van der Waals surface area contributed by atoms with E-state index in [2.05, 4.69) is 9.97 Å². The summed E-state index contributed by atoms with van der Waals surface area (Å²) in [5.74, 6) is -2.35. The van der Waals surface area contributed by atoms with Crippen molar-refractivity contribution in [2.24, 2.45) is 0 Å². The molecule has 0 aliphatic rings. The maximum Gasteiger partial charge on any atom is 0.419 e. The minimum Gasteiger partial charge on any atom is -0.481 e. The van der Waals surface area contributed by atoms with E-state index in [9.17, 15) is 18.0 Å². The molecule has 1 aromatic heterocycles. The van der Waals surface area contributed by atoms with Crippen molar-refractivity contribution in [1.82, 2.24) is 9.97 Å². The van der Waals surface area contributed by atoms with E-state index in [1.807, 2.05) is 0 Å². The number of hydrogen-bond acceptors (Lipinski definition) is 3. The molecule has 1 N–H and O–H groups in total. The lowest BCUT2D eigenvalue weighted by Crippen LogP contribution is -2.13. The number of carboxylic acids is 1. The predicted octanol–water partition coefficient (Wildman–Crippen LogP) is 1.68. The van der Waals surface area contributed by atoms with Crippen LogP contribution in [-0.4, -0.2) is 21.0 Å². The van der Waals surface area contributed by atoms with Gasteiger partial charge in [-0.2, -0.15) is 13.2 Å². The predicted molar refractivity (Wildman–Crippen MR) is 43.1 cm³/mol. The maximum atomic E-state index is 12.1. The number of rotatable bonds is 2. The molecule has 1 aromatic rings. The second-order valence-electron chi connectivity index (χ2n) is 2.89. The molecule has 1 rings (SSSR count). The van der Waals surface area contributed by atoms with Crippen molar-refractivity contribution in [2.75, 3.05) is 0 Å². The highest BCUT2D eigenvalue weighted by Crippen LogP contribution is 2.28. The molecule has 0 bridgehead atoms. The Balaban J connectivity index is 2.95. The molecule has 15 heavy (non-hydrogen) atoms. The highest BCUT2D eigenvalue weighted by atomic mass is 19.4. The summed E-state index contributed by atoms with van der Waals surface area (Å²) in [5, 5.41) is 8.56. The lowest BCUT2D eigenvalue weighted by Gasteiger charge is -2.07. The van der Waals surface area contributed by atoms with Gasteiger partial charge in [0.25, 0.3) is 0 Å². The molecule has 0 amide bonds. The fourth-order valence-electron chi connectivity index (χ4n) is 0.818. The largest absolute Gasteiger partial charge is 0.481 e. The van der Waals surface area contributed by atoms with E-state index >= 15 is 0 Å². The van der Waals surface area contributed by atoms with Crippen molar-refractivity contribution in [3.63, 3.8) is 0 Å². The zero-order valence-electron chi connectivity index (χ0n) is 7.62.